The minimum absolute atomic E-state index is 0.0151. The van der Waals surface area contributed by atoms with Crippen LogP contribution in [-0.2, 0) is 11.2 Å². The van der Waals surface area contributed by atoms with Crippen molar-refractivity contribution in [2.45, 2.75) is 12.5 Å². The van der Waals surface area contributed by atoms with Crippen molar-refractivity contribution in [2.75, 3.05) is 13.2 Å². The number of nitrogens with one attached hydrogen (secondary N) is 1. The summed E-state index contributed by atoms with van der Waals surface area (Å²) in [6, 6.07) is 24.7. The van der Waals surface area contributed by atoms with Gasteiger partial charge in [-0.1, -0.05) is 36.4 Å². The summed E-state index contributed by atoms with van der Waals surface area (Å²) in [6.45, 7) is 0.416. The molecule has 1 aliphatic rings. The van der Waals surface area contributed by atoms with Crippen LogP contribution in [-0.4, -0.2) is 25.2 Å². The van der Waals surface area contributed by atoms with Gasteiger partial charge in [-0.15, -0.1) is 0 Å². The maximum atomic E-state index is 12.0. The van der Waals surface area contributed by atoms with E-state index in [1.165, 1.54) is 0 Å². The molecule has 3 aromatic rings. The van der Waals surface area contributed by atoms with Crippen LogP contribution < -0.4 is 19.5 Å². The average Bonchev–Trinajstić information content (AvgIpc) is 3.14. The number of hydrogen-bond donors (Lipinski definition) is 1. The highest BCUT2D eigenvalue weighted by Gasteiger charge is 2.24. The van der Waals surface area contributed by atoms with Gasteiger partial charge in [-0.3, -0.25) is 4.79 Å². The van der Waals surface area contributed by atoms with Crippen LogP contribution in [0.5, 0.6) is 23.0 Å². The minimum Gasteiger partial charge on any atom is -0.488 e. The molecule has 0 saturated heterocycles. The van der Waals surface area contributed by atoms with Gasteiger partial charge in [0.05, 0.1) is 6.54 Å². The zero-order valence-electron chi connectivity index (χ0n) is 15.3. The SMILES string of the molecule is O=C(COc1ccccc1)NCC1Cc2cc(Oc3ccccc3)ccc2O1. The van der Waals surface area contributed by atoms with E-state index < -0.39 is 0 Å². The molecular weight excluding hydrogens is 354 g/mol. The first kappa shape index (κ1) is 17.9. The molecule has 0 aromatic heterocycles. The number of carbonyl (C=O) groups excluding carboxylic acids is 1. The Morgan fingerprint density at radius 3 is 2.39 bits per heavy atom. The van der Waals surface area contributed by atoms with Crippen LogP contribution in [0, 0.1) is 0 Å². The van der Waals surface area contributed by atoms with Gasteiger partial charge >= 0.3 is 0 Å². The molecule has 0 saturated carbocycles. The zero-order valence-corrected chi connectivity index (χ0v) is 15.3. The van der Waals surface area contributed by atoms with E-state index in [0.717, 1.165) is 29.2 Å². The summed E-state index contributed by atoms with van der Waals surface area (Å²) in [7, 11) is 0. The smallest absolute Gasteiger partial charge is 0.258 e. The maximum Gasteiger partial charge on any atom is 0.258 e. The first-order chi connectivity index (χ1) is 13.8. The van der Waals surface area contributed by atoms with Crippen LogP contribution in [0.4, 0.5) is 0 Å². The van der Waals surface area contributed by atoms with Crippen molar-refractivity contribution < 1.29 is 19.0 Å². The third-order valence-electron chi connectivity index (χ3n) is 4.39. The fourth-order valence-corrected chi connectivity index (χ4v) is 3.04. The summed E-state index contributed by atoms with van der Waals surface area (Å²) in [5.74, 6) is 2.91. The van der Waals surface area contributed by atoms with E-state index in [2.05, 4.69) is 5.32 Å². The first-order valence-electron chi connectivity index (χ1n) is 9.23. The molecule has 0 bridgehead atoms. The molecule has 3 aromatic carbocycles. The molecule has 1 amide bonds. The summed E-state index contributed by atoms with van der Waals surface area (Å²) in [5.41, 5.74) is 1.08. The Morgan fingerprint density at radius 1 is 0.929 bits per heavy atom. The van der Waals surface area contributed by atoms with Crippen LogP contribution in [0.2, 0.25) is 0 Å². The molecule has 4 rings (SSSR count). The fraction of sp³-hybridized carbons (Fsp3) is 0.174. The quantitative estimate of drug-likeness (QED) is 0.679. The Kier molecular flexibility index (Phi) is 5.43. The molecule has 0 aliphatic carbocycles. The van der Waals surface area contributed by atoms with Gasteiger partial charge in [-0.05, 0) is 42.5 Å². The van der Waals surface area contributed by atoms with Crippen molar-refractivity contribution in [3.8, 4) is 23.0 Å². The first-order valence-corrected chi connectivity index (χ1v) is 9.23. The van der Waals surface area contributed by atoms with Gasteiger partial charge in [0.1, 0.15) is 29.1 Å². The molecule has 1 heterocycles. The Bertz CT molecular complexity index is 928. The van der Waals surface area contributed by atoms with E-state index in [0.29, 0.717) is 12.3 Å². The Balaban J connectivity index is 1.26. The highest BCUT2D eigenvalue weighted by molar-refractivity contribution is 5.77. The molecule has 0 radical (unpaired) electrons. The highest BCUT2D eigenvalue weighted by Crippen LogP contribution is 2.33. The van der Waals surface area contributed by atoms with Gasteiger partial charge in [0.15, 0.2) is 6.61 Å². The molecule has 5 heteroatoms. The van der Waals surface area contributed by atoms with E-state index in [9.17, 15) is 4.79 Å². The van der Waals surface area contributed by atoms with Crippen LogP contribution in [0.15, 0.2) is 78.9 Å². The van der Waals surface area contributed by atoms with E-state index in [1.54, 1.807) is 0 Å². The number of amides is 1. The van der Waals surface area contributed by atoms with Gasteiger partial charge < -0.3 is 19.5 Å². The van der Waals surface area contributed by atoms with E-state index in [-0.39, 0.29) is 18.6 Å². The predicted octanol–water partition coefficient (Wildman–Crippen LogP) is 3.98. The fourth-order valence-electron chi connectivity index (χ4n) is 3.04. The Hall–Kier alpha value is -3.47. The van der Waals surface area contributed by atoms with Gasteiger partial charge in [-0.2, -0.15) is 0 Å². The summed E-state index contributed by atoms with van der Waals surface area (Å²) < 4.78 is 17.2. The second-order valence-electron chi connectivity index (χ2n) is 6.53. The van der Waals surface area contributed by atoms with Crippen molar-refractivity contribution in [1.29, 1.82) is 0 Å². The molecular formula is C23H21NO4. The van der Waals surface area contributed by atoms with Gasteiger partial charge in [-0.25, -0.2) is 0 Å². The van der Waals surface area contributed by atoms with E-state index in [1.807, 2.05) is 78.9 Å². The molecule has 1 aliphatic heterocycles. The third-order valence-corrected chi connectivity index (χ3v) is 4.39. The second-order valence-corrected chi connectivity index (χ2v) is 6.53. The molecule has 142 valence electrons. The largest absolute Gasteiger partial charge is 0.488 e. The standard InChI is InChI=1S/C23H21NO4/c25-23(16-26-18-7-3-1-4-8-18)24-15-21-14-17-13-20(11-12-22(17)28-21)27-19-9-5-2-6-10-19/h1-13,21H,14-16H2,(H,24,25). The number of carbonyl (C=O) groups is 1. The molecule has 5 nitrogen and oxygen atoms in total. The second kappa shape index (κ2) is 8.48. The number of benzene rings is 3. The van der Waals surface area contributed by atoms with Gasteiger partial charge in [0, 0.05) is 12.0 Å². The van der Waals surface area contributed by atoms with Crippen molar-refractivity contribution in [3.05, 3.63) is 84.4 Å². The van der Waals surface area contributed by atoms with Crippen LogP contribution in [0.1, 0.15) is 5.56 Å². The minimum atomic E-state index is -0.170. The normalized spacial score (nSPS) is 14.6. The monoisotopic (exact) mass is 375 g/mol. The van der Waals surface area contributed by atoms with Crippen molar-refractivity contribution in [3.63, 3.8) is 0 Å². The van der Waals surface area contributed by atoms with Gasteiger partial charge in [0.25, 0.3) is 5.91 Å². The molecule has 28 heavy (non-hydrogen) atoms. The molecule has 1 N–H and O–H groups in total. The molecule has 0 fully saturated rings. The van der Waals surface area contributed by atoms with E-state index >= 15 is 0 Å². The molecule has 1 unspecified atom stereocenters. The highest BCUT2D eigenvalue weighted by atomic mass is 16.5. The number of ether oxygens (including phenoxy) is 3. The Labute approximate surface area is 163 Å². The number of rotatable bonds is 7. The summed E-state index contributed by atoms with van der Waals surface area (Å²) in [5, 5.41) is 2.86. The molecule has 0 spiro atoms. The third kappa shape index (κ3) is 4.62. The zero-order chi connectivity index (χ0) is 19.2. The number of fused-ring (bicyclic) bond motifs is 1. The number of para-hydroxylation sites is 2. The van der Waals surface area contributed by atoms with Crippen LogP contribution in [0.25, 0.3) is 0 Å². The van der Waals surface area contributed by atoms with Crippen molar-refractivity contribution in [1.82, 2.24) is 5.32 Å². The van der Waals surface area contributed by atoms with Crippen LogP contribution >= 0.6 is 0 Å². The predicted molar refractivity (Wildman–Crippen MR) is 106 cm³/mol. The van der Waals surface area contributed by atoms with Crippen molar-refractivity contribution in [2.24, 2.45) is 0 Å². The average molecular weight is 375 g/mol. The lowest BCUT2D eigenvalue weighted by molar-refractivity contribution is -0.123. The van der Waals surface area contributed by atoms with E-state index in [4.69, 9.17) is 14.2 Å². The van der Waals surface area contributed by atoms with Gasteiger partial charge in [0.2, 0.25) is 0 Å². The summed E-state index contributed by atoms with van der Waals surface area (Å²) >= 11 is 0. The maximum absolute atomic E-state index is 12.0. The topological polar surface area (TPSA) is 56.8 Å². The molecule has 1 atom stereocenters. The van der Waals surface area contributed by atoms with Crippen LogP contribution in [0.3, 0.4) is 0 Å². The lowest BCUT2D eigenvalue weighted by Gasteiger charge is -2.12. The summed E-state index contributed by atoms with van der Waals surface area (Å²) in [4.78, 5) is 12.0. The lowest BCUT2D eigenvalue weighted by atomic mass is 10.1. The Morgan fingerprint density at radius 2 is 1.64 bits per heavy atom. The number of hydrogen-bond acceptors (Lipinski definition) is 4. The summed E-state index contributed by atoms with van der Waals surface area (Å²) in [6.07, 6.45) is 0.629. The lowest BCUT2D eigenvalue weighted by Crippen LogP contribution is -2.37. The van der Waals surface area contributed by atoms with Crippen molar-refractivity contribution >= 4 is 5.91 Å².